The van der Waals surface area contributed by atoms with Crippen molar-refractivity contribution in [1.29, 1.82) is 0 Å². The van der Waals surface area contributed by atoms with Crippen molar-refractivity contribution >= 4 is 29.0 Å². The molecule has 0 fully saturated rings. The second-order valence-corrected chi connectivity index (χ2v) is 14.7. The van der Waals surface area contributed by atoms with Crippen molar-refractivity contribution < 1.29 is 0 Å². The maximum absolute atomic E-state index is 6.71. The van der Waals surface area contributed by atoms with E-state index >= 15 is 0 Å². The molecule has 9 aromatic rings. The van der Waals surface area contributed by atoms with Crippen LogP contribution in [0.5, 0.6) is 0 Å². The van der Waals surface area contributed by atoms with Gasteiger partial charge in [0.2, 0.25) is 0 Å². The molecule has 59 heavy (non-hydrogen) atoms. The van der Waals surface area contributed by atoms with Crippen LogP contribution in [-0.2, 0) is 0 Å². The van der Waals surface area contributed by atoms with Crippen LogP contribution in [0.1, 0.15) is 33.4 Å². The van der Waals surface area contributed by atoms with Crippen LogP contribution in [0, 0.1) is 0 Å². The van der Waals surface area contributed by atoms with Crippen molar-refractivity contribution in [3.8, 4) is 44.5 Å². The summed E-state index contributed by atoms with van der Waals surface area (Å²) in [6.07, 6.45) is 4.54. The molecule has 0 aliphatic rings. The monoisotopic (exact) mass is 753 g/mol. The molecule has 0 heterocycles. The Labute approximate surface area is 347 Å². The van der Waals surface area contributed by atoms with Crippen LogP contribution in [0.4, 0.5) is 5.69 Å². The van der Waals surface area contributed by atoms with E-state index in [1.54, 1.807) is 0 Å². The van der Waals surface area contributed by atoms with Crippen molar-refractivity contribution in [2.45, 2.75) is 0 Å². The number of hydrogen-bond acceptors (Lipinski definition) is 1. The lowest BCUT2D eigenvalue weighted by Gasteiger charge is -2.14. The highest BCUT2D eigenvalue weighted by Gasteiger charge is 2.13. The van der Waals surface area contributed by atoms with Gasteiger partial charge in [0.15, 0.2) is 0 Å². The Morgan fingerprint density at radius 1 is 0.271 bits per heavy atom. The fourth-order valence-corrected chi connectivity index (χ4v) is 7.82. The molecule has 9 aromatic carbocycles. The molecule has 1 heteroatoms. The fraction of sp³-hybridized carbons (Fsp3) is 0. The summed E-state index contributed by atoms with van der Waals surface area (Å²) >= 11 is 0. The number of anilines is 1. The van der Waals surface area contributed by atoms with E-state index in [4.69, 9.17) is 5.73 Å². The van der Waals surface area contributed by atoms with Gasteiger partial charge in [-0.3, -0.25) is 0 Å². The third kappa shape index (κ3) is 8.37. The average Bonchev–Trinajstić information content (AvgIpc) is 3.31. The lowest BCUT2D eigenvalue weighted by molar-refractivity contribution is 1.54. The van der Waals surface area contributed by atoms with Crippen molar-refractivity contribution in [3.05, 3.63) is 270 Å². The lowest BCUT2D eigenvalue weighted by atomic mass is 9.91. The maximum atomic E-state index is 6.71. The minimum Gasteiger partial charge on any atom is -0.398 e. The summed E-state index contributed by atoms with van der Waals surface area (Å²) in [7, 11) is 0. The summed E-state index contributed by atoms with van der Waals surface area (Å²) in [5.41, 5.74) is 26.1. The van der Waals surface area contributed by atoms with Crippen molar-refractivity contribution in [1.82, 2.24) is 0 Å². The molecule has 0 spiro atoms. The molecule has 0 bridgehead atoms. The van der Waals surface area contributed by atoms with Gasteiger partial charge in [0.25, 0.3) is 0 Å². The third-order valence-corrected chi connectivity index (χ3v) is 10.9. The molecule has 9 rings (SSSR count). The first-order valence-corrected chi connectivity index (χ1v) is 20.1. The summed E-state index contributed by atoms with van der Waals surface area (Å²) in [4.78, 5) is 0. The van der Waals surface area contributed by atoms with E-state index in [9.17, 15) is 0 Å². The maximum Gasteiger partial charge on any atom is 0.0400 e. The highest BCUT2D eigenvalue weighted by Crippen LogP contribution is 2.38. The summed E-state index contributed by atoms with van der Waals surface area (Å²) in [5.74, 6) is 0. The number of benzene rings is 9. The molecule has 0 aliphatic heterocycles. The number of nitrogen functional groups attached to an aromatic ring is 1. The molecular weight excluding hydrogens is 711 g/mol. The predicted molar refractivity (Wildman–Crippen MR) is 252 cm³/mol. The second-order valence-electron chi connectivity index (χ2n) is 14.7. The van der Waals surface area contributed by atoms with Crippen LogP contribution in [0.15, 0.2) is 237 Å². The van der Waals surface area contributed by atoms with E-state index in [-0.39, 0.29) is 0 Å². The first-order chi connectivity index (χ1) is 29.2. The molecule has 1 nitrogen and oxygen atoms in total. The van der Waals surface area contributed by atoms with Gasteiger partial charge in [0.05, 0.1) is 0 Å². The molecular formula is C58H43N. The van der Waals surface area contributed by atoms with Crippen LogP contribution < -0.4 is 5.73 Å². The Hall–Kier alpha value is -7.74. The number of nitrogens with two attached hydrogens (primary N) is 1. The molecule has 2 N–H and O–H groups in total. The Kier molecular flexibility index (Phi) is 10.7. The summed E-state index contributed by atoms with van der Waals surface area (Å²) < 4.78 is 0. The Morgan fingerprint density at radius 3 is 0.932 bits per heavy atom. The Morgan fingerprint density at radius 2 is 0.576 bits per heavy atom. The average molecular weight is 754 g/mol. The second kappa shape index (κ2) is 17.2. The standard InChI is InChI=1S/C58H43N/c59-57-23-13-22-54(52-36-32-46(33-37-52)44-28-24-42(25-29-44)40-55(48-14-5-1-6-15-48)49-16-7-2-8-17-49)58(57)53-38-34-47(35-39-53)45-30-26-43(27-31-45)41-56(50-18-9-3-10-19-50)51-20-11-4-12-21-51/h1-41H,59H2. The molecule has 0 amide bonds. The van der Waals surface area contributed by atoms with Gasteiger partial charge in [-0.15, -0.1) is 0 Å². The lowest BCUT2D eigenvalue weighted by Crippen LogP contribution is -1.93. The summed E-state index contributed by atoms with van der Waals surface area (Å²) in [6, 6.07) is 83.7. The van der Waals surface area contributed by atoms with Gasteiger partial charge < -0.3 is 5.73 Å². The molecule has 0 atom stereocenters. The van der Waals surface area contributed by atoms with Crippen molar-refractivity contribution in [2.75, 3.05) is 5.73 Å². The van der Waals surface area contributed by atoms with Crippen molar-refractivity contribution in [2.24, 2.45) is 0 Å². The zero-order chi connectivity index (χ0) is 39.8. The van der Waals surface area contributed by atoms with Gasteiger partial charge in [0.1, 0.15) is 0 Å². The highest BCUT2D eigenvalue weighted by molar-refractivity contribution is 5.94. The van der Waals surface area contributed by atoms with Gasteiger partial charge in [-0.05, 0) is 102 Å². The molecule has 0 saturated heterocycles. The van der Waals surface area contributed by atoms with Crippen LogP contribution in [0.3, 0.4) is 0 Å². The van der Waals surface area contributed by atoms with E-state index in [1.807, 2.05) is 12.1 Å². The zero-order valence-electron chi connectivity index (χ0n) is 32.7. The largest absolute Gasteiger partial charge is 0.398 e. The molecule has 0 aromatic heterocycles. The first-order valence-electron chi connectivity index (χ1n) is 20.1. The predicted octanol–water partition coefficient (Wildman–Crippen LogP) is 15.1. The van der Waals surface area contributed by atoms with Gasteiger partial charge in [-0.1, -0.05) is 231 Å². The molecule has 280 valence electrons. The van der Waals surface area contributed by atoms with Gasteiger partial charge in [-0.2, -0.15) is 0 Å². The van der Waals surface area contributed by atoms with Crippen molar-refractivity contribution in [3.63, 3.8) is 0 Å². The Balaban J connectivity index is 0.941. The summed E-state index contributed by atoms with van der Waals surface area (Å²) in [5, 5.41) is 0. The van der Waals surface area contributed by atoms with Gasteiger partial charge >= 0.3 is 0 Å². The summed E-state index contributed by atoms with van der Waals surface area (Å²) in [6.45, 7) is 0. The number of rotatable bonds is 10. The first kappa shape index (κ1) is 36.9. The molecule has 0 unspecified atom stereocenters. The zero-order valence-corrected chi connectivity index (χ0v) is 32.7. The molecule has 0 aliphatic carbocycles. The normalized spacial score (nSPS) is 10.8. The van der Waals surface area contributed by atoms with E-state index in [2.05, 4.69) is 237 Å². The van der Waals surface area contributed by atoms with Crippen LogP contribution in [-0.4, -0.2) is 0 Å². The van der Waals surface area contributed by atoms with Gasteiger partial charge in [0, 0.05) is 11.3 Å². The van der Waals surface area contributed by atoms with Gasteiger partial charge in [-0.25, -0.2) is 0 Å². The van der Waals surface area contributed by atoms with Crippen LogP contribution in [0.25, 0.3) is 67.8 Å². The number of hydrogen-bond donors (Lipinski definition) is 1. The van der Waals surface area contributed by atoms with Crippen LogP contribution in [0.2, 0.25) is 0 Å². The minimum absolute atomic E-state index is 0.761. The quantitative estimate of drug-likeness (QED) is 0.109. The van der Waals surface area contributed by atoms with E-state index in [0.717, 1.165) is 44.6 Å². The SMILES string of the molecule is Nc1cccc(-c2ccc(-c3ccc(C=C(c4ccccc4)c4ccccc4)cc3)cc2)c1-c1ccc(-c2ccc(C=C(c3ccccc3)c3ccccc3)cc2)cc1. The molecule has 0 radical (unpaired) electrons. The van der Waals surface area contributed by atoms with E-state index < -0.39 is 0 Å². The minimum atomic E-state index is 0.761. The Bertz CT molecular complexity index is 2750. The smallest absolute Gasteiger partial charge is 0.0400 e. The molecule has 0 saturated carbocycles. The van der Waals surface area contributed by atoms with Crippen LogP contribution >= 0.6 is 0 Å². The third-order valence-electron chi connectivity index (χ3n) is 10.9. The fourth-order valence-electron chi connectivity index (χ4n) is 7.82. The van der Waals surface area contributed by atoms with E-state index in [0.29, 0.717) is 0 Å². The highest BCUT2D eigenvalue weighted by atomic mass is 14.6. The van der Waals surface area contributed by atoms with E-state index in [1.165, 1.54) is 50.1 Å². The topological polar surface area (TPSA) is 26.0 Å².